The quantitative estimate of drug-likeness (QED) is 0.811. The van der Waals surface area contributed by atoms with E-state index in [1.807, 2.05) is 17.0 Å². The number of hydrogen-bond acceptors (Lipinski definition) is 2. The number of amides is 1. The van der Waals surface area contributed by atoms with Crippen LogP contribution in [0, 0.1) is 5.41 Å². The fourth-order valence-corrected chi connectivity index (χ4v) is 3.64. The van der Waals surface area contributed by atoms with Gasteiger partial charge in [0.1, 0.15) is 0 Å². The lowest BCUT2D eigenvalue weighted by atomic mass is 9.86. The second kappa shape index (κ2) is 6.22. The van der Waals surface area contributed by atoms with Gasteiger partial charge in [0.25, 0.3) is 5.91 Å². The number of rotatable bonds is 1. The lowest BCUT2D eigenvalue weighted by molar-refractivity contribution is 0.0776. The fourth-order valence-electron chi connectivity index (χ4n) is 3.08. The first-order chi connectivity index (χ1) is 9.10. The topological polar surface area (TPSA) is 32.3 Å². The van der Waals surface area contributed by atoms with Gasteiger partial charge in [-0.05, 0) is 37.6 Å². The Kier molecular flexibility index (Phi) is 5.00. The highest BCUT2D eigenvalue weighted by Crippen LogP contribution is 2.37. The molecule has 3 rings (SSSR count). The summed E-state index contributed by atoms with van der Waals surface area (Å²) in [5.74, 6) is 0.0510. The molecule has 0 saturated carbocycles. The maximum absolute atomic E-state index is 12.6. The molecule has 1 atom stereocenters. The Labute approximate surface area is 138 Å². The van der Waals surface area contributed by atoms with Crippen LogP contribution in [-0.2, 0) is 0 Å². The number of benzene rings is 1. The lowest BCUT2D eigenvalue weighted by Gasteiger charge is -2.23. The van der Waals surface area contributed by atoms with E-state index in [1.54, 1.807) is 6.07 Å². The zero-order valence-corrected chi connectivity index (χ0v) is 14.2. The second-order valence-electron chi connectivity index (χ2n) is 5.53. The largest absolute Gasteiger partial charge is 0.338 e. The molecule has 0 aliphatic carbocycles. The van der Waals surface area contributed by atoms with Crippen LogP contribution in [0.4, 0.5) is 0 Å². The van der Waals surface area contributed by atoms with Crippen molar-refractivity contribution in [3.05, 3.63) is 33.3 Å². The van der Waals surface area contributed by atoms with Crippen LogP contribution < -0.4 is 5.32 Å². The van der Waals surface area contributed by atoms with E-state index in [2.05, 4.69) is 21.2 Å². The third-order valence-corrected chi connectivity index (χ3v) is 5.04. The molecule has 2 fully saturated rings. The highest BCUT2D eigenvalue weighted by atomic mass is 79.9. The minimum Gasteiger partial charge on any atom is -0.338 e. The van der Waals surface area contributed by atoms with Gasteiger partial charge < -0.3 is 10.2 Å². The Morgan fingerprint density at radius 3 is 2.90 bits per heavy atom. The summed E-state index contributed by atoms with van der Waals surface area (Å²) in [6.45, 7) is 3.79. The number of halogens is 3. The summed E-state index contributed by atoms with van der Waals surface area (Å²) in [7, 11) is 0. The van der Waals surface area contributed by atoms with Gasteiger partial charge in [0, 0.05) is 29.5 Å². The van der Waals surface area contributed by atoms with Crippen molar-refractivity contribution in [3.63, 3.8) is 0 Å². The van der Waals surface area contributed by atoms with Gasteiger partial charge in [0.15, 0.2) is 0 Å². The monoisotopic (exact) mass is 378 g/mol. The van der Waals surface area contributed by atoms with Gasteiger partial charge in [-0.25, -0.2) is 0 Å². The van der Waals surface area contributed by atoms with E-state index in [4.69, 9.17) is 11.6 Å². The van der Waals surface area contributed by atoms with Crippen LogP contribution >= 0.6 is 39.9 Å². The molecular weight excluding hydrogens is 363 g/mol. The maximum Gasteiger partial charge on any atom is 0.255 e. The van der Waals surface area contributed by atoms with Crippen molar-refractivity contribution in [3.8, 4) is 0 Å². The van der Waals surface area contributed by atoms with E-state index in [0.29, 0.717) is 16.0 Å². The Balaban J connectivity index is 0.00000147. The van der Waals surface area contributed by atoms with E-state index in [0.717, 1.165) is 37.1 Å². The number of hydrogen-bond donors (Lipinski definition) is 1. The first-order valence-electron chi connectivity index (χ1n) is 6.55. The first kappa shape index (κ1) is 16.1. The lowest BCUT2D eigenvalue weighted by Crippen LogP contribution is -2.33. The van der Waals surface area contributed by atoms with Gasteiger partial charge in [-0.2, -0.15) is 0 Å². The van der Waals surface area contributed by atoms with E-state index < -0.39 is 0 Å². The standard InChI is InChI=1S/C14H16BrClN2O.ClH/c15-10-1-2-12(16)11(7-10)13(19)18-6-4-14(9-18)3-5-17-8-14;/h1-2,7,17H,3-6,8-9H2;1H. The van der Waals surface area contributed by atoms with Crippen LogP contribution in [0.3, 0.4) is 0 Å². The number of nitrogens with one attached hydrogen (secondary N) is 1. The van der Waals surface area contributed by atoms with E-state index in [9.17, 15) is 4.79 Å². The van der Waals surface area contributed by atoms with Crippen molar-refractivity contribution in [2.45, 2.75) is 12.8 Å². The molecule has 2 aliphatic rings. The summed E-state index contributed by atoms with van der Waals surface area (Å²) >= 11 is 9.53. The molecular formula is C14H17BrCl2N2O. The predicted molar refractivity (Wildman–Crippen MR) is 86.8 cm³/mol. The molecule has 110 valence electrons. The molecule has 2 saturated heterocycles. The molecule has 1 unspecified atom stereocenters. The zero-order valence-electron chi connectivity index (χ0n) is 11.0. The van der Waals surface area contributed by atoms with Crippen LogP contribution in [0.1, 0.15) is 23.2 Å². The molecule has 1 amide bonds. The average Bonchev–Trinajstić information content (AvgIpc) is 3.03. The highest BCUT2D eigenvalue weighted by Gasteiger charge is 2.42. The van der Waals surface area contributed by atoms with Crippen LogP contribution in [-0.4, -0.2) is 37.0 Å². The molecule has 1 aromatic carbocycles. The van der Waals surface area contributed by atoms with Gasteiger partial charge in [-0.3, -0.25) is 4.79 Å². The Bertz CT molecular complexity index is 518. The van der Waals surface area contributed by atoms with Gasteiger partial charge in [0.2, 0.25) is 0 Å². The summed E-state index contributed by atoms with van der Waals surface area (Å²) in [6.07, 6.45) is 2.26. The Morgan fingerprint density at radius 2 is 2.20 bits per heavy atom. The Morgan fingerprint density at radius 1 is 1.40 bits per heavy atom. The van der Waals surface area contributed by atoms with Crippen LogP contribution in [0.5, 0.6) is 0 Å². The van der Waals surface area contributed by atoms with E-state index in [1.165, 1.54) is 6.42 Å². The molecule has 6 heteroatoms. The highest BCUT2D eigenvalue weighted by molar-refractivity contribution is 9.10. The van der Waals surface area contributed by atoms with E-state index >= 15 is 0 Å². The number of nitrogens with zero attached hydrogens (tertiary/aromatic N) is 1. The van der Waals surface area contributed by atoms with Crippen molar-refractivity contribution < 1.29 is 4.79 Å². The predicted octanol–water partition coefficient (Wildman–Crippen LogP) is 3.35. The third kappa shape index (κ3) is 2.98. The molecule has 1 spiro atoms. The minimum atomic E-state index is 0. The van der Waals surface area contributed by atoms with Crippen molar-refractivity contribution >= 4 is 45.8 Å². The minimum absolute atomic E-state index is 0. The van der Waals surface area contributed by atoms with Gasteiger partial charge in [-0.15, -0.1) is 12.4 Å². The van der Waals surface area contributed by atoms with Crippen molar-refractivity contribution in [2.24, 2.45) is 5.41 Å². The van der Waals surface area contributed by atoms with Gasteiger partial charge in [0.05, 0.1) is 10.6 Å². The average molecular weight is 380 g/mol. The molecule has 0 bridgehead atoms. The van der Waals surface area contributed by atoms with Crippen LogP contribution in [0.2, 0.25) is 5.02 Å². The van der Waals surface area contributed by atoms with Crippen LogP contribution in [0.25, 0.3) is 0 Å². The summed E-state index contributed by atoms with van der Waals surface area (Å²) in [5, 5.41) is 3.93. The first-order valence-corrected chi connectivity index (χ1v) is 7.72. The van der Waals surface area contributed by atoms with Crippen molar-refractivity contribution in [2.75, 3.05) is 26.2 Å². The SMILES string of the molecule is Cl.O=C(c1cc(Br)ccc1Cl)N1CCC2(CCNC2)C1. The van der Waals surface area contributed by atoms with Crippen molar-refractivity contribution in [1.82, 2.24) is 10.2 Å². The molecule has 0 radical (unpaired) electrons. The summed E-state index contributed by atoms with van der Waals surface area (Å²) in [6, 6.07) is 5.43. The third-order valence-electron chi connectivity index (χ3n) is 4.22. The van der Waals surface area contributed by atoms with Crippen molar-refractivity contribution in [1.29, 1.82) is 0 Å². The molecule has 0 aromatic heterocycles. The molecule has 2 aliphatic heterocycles. The maximum atomic E-state index is 12.6. The zero-order chi connectivity index (χ0) is 13.5. The summed E-state index contributed by atoms with van der Waals surface area (Å²) in [5.41, 5.74) is 0.896. The Hall–Kier alpha value is -0.290. The number of carbonyl (C=O) groups excluding carboxylic acids is 1. The second-order valence-corrected chi connectivity index (χ2v) is 6.85. The van der Waals surface area contributed by atoms with E-state index in [-0.39, 0.29) is 18.3 Å². The molecule has 2 heterocycles. The molecule has 20 heavy (non-hydrogen) atoms. The smallest absolute Gasteiger partial charge is 0.255 e. The normalized spacial score (nSPS) is 25.0. The summed E-state index contributed by atoms with van der Waals surface area (Å²) in [4.78, 5) is 14.5. The van der Waals surface area contributed by atoms with Gasteiger partial charge in [-0.1, -0.05) is 27.5 Å². The molecule has 1 N–H and O–H groups in total. The molecule has 1 aromatic rings. The number of carbonyl (C=O) groups is 1. The summed E-state index contributed by atoms with van der Waals surface area (Å²) < 4.78 is 0.886. The molecule has 3 nitrogen and oxygen atoms in total. The number of likely N-dealkylation sites (tertiary alicyclic amines) is 1. The van der Waals surface area contributed by atoms with Crippen LogP contribution in [0.15, 0.2) is 22.7 Å². The fraction of sp³-hybridized carbons (Fsp3) is 0.500. The van der Waals surface area contributed by atoms with Gasteiger partial charge >= 0.3 is 0 Å².